The van der Waals surface area contributed by atoms with E-state index in [0.717, 1.165) is 25.2 Å². The molecule has 114 valence electrons. The van der Waals surface area contributed by atoms with Gasteiger partial charge < -0.3 is 5.32 Å². The van der Waals surface area contributed by atoms with Crippen LogP contribution in [-0.4, -0.2) is 20.8 Å². The first-order valence-corrected chi connectivity index (χ1v) is 8.35. The number of benzene rings is 1. The van der Waals surface area contributed by atoms with Crippen molar-refractivity contribution in [1.82, 2.24) is 20.1 Å². The minimum atomic E-state index is 0.360. The molecule has 0 fully saturated rings. The molecule has 2 aromatic heterocycles. The van der Waals surface area contributed by atoms with E-state index in [0.29, 0.717) is 6.04 Å². The normalized spacial score (nSPS) is 12.4. The molecule has 22 heavy (non-hydrogen) atoms. The third-order valence-electron chi connectivity index (χ3n) is 3.45. The standard InChI is InChI=1S/C17H20N4S/c1-14(12-21-9-5-8-19-21)18-11-16-13-22-17(20-16)10-15-6-3-2-4-7-15/h2-9,13-14,18H,10-12H2,1H3/t14-/m1/s1. The van der Waals surface area contributed by atoms with Gasteiger partial charge in [0.1, 0.15) is 0 Å². The van der Waals surface area contributed by atoms with Crippen molar-refractivity contribution in [3.05, 3.63) is 70.4 Å². The molecule has 0 aliphatic heterocycles. The molecule has 1 atom stereocenters. The Bertz CT molecular complexity index is 676. The summed E-state index contributed by atoms with van der Waals surface area (Å²) in [4.78, 5) is 4.71. The Labute approximate surface area is 134 Å². The van der Waals surface area contributed by atoms with Gasteiger partial charge in [-0.15, -0.1) is 11.3 Å². The fraction of sp³-hybridized carbons (Fsp3) is 0.294. The molecule has 1 aromatic carbocycles. The second-order valence-corrected chi connectivity index (χ2v) is 6.35. The Balaban J connectivity index is 1.49. The van der Waals surface area contributed by atoms with Crippen molar-refractivity contribution in [2.75, 3.05) is 0 Å². The molecule has 0 unspecified atom stereocenters. The zero-order valence-corrected chi connectivity index (χ0v) is 13.5. The summed E-state index contributed by atoms with van der Waals surface area (Å²) in [6, 6.07) is 12.8. The van der Waals surface area contributed by atoms with Crippen molar-refractivity contribution in [2.45, 2.75) is 32.5 Å². The molecule has 3 rings (SSSR count). The highest BCUT2D eigenvalue weighted by molar-refractivity contribution is 7.09. The van der Waals surface area contributed by atoms with E-state index in [-0.39, 0.29) is 0 Å². The minimum absolute atomic E-state index is 0.360. The van der Waals surface area contributed by atoms with Gasteiger partial charge in [0.2, 0.25) is 0 Å². The van der Waals surface area contributed by atoms with E-state index in [1.54, 1.807) is 11.3 Å². The molecule has 3 aromatic rings. The van der Waals surface area contributed by atoms with Crippen LogP contribution in [0.25, 0.3) is 0 Å². The lowest BCUT2D eigenvalue weighted by Gasteiger charge is -2.12. The van der Waals surface area contributed by atoms with Gasteiger partial charge in [-0.2, -0.15) is 5.10 Å². The zero-order chi connectivity index (χ0) is 15.2. The second kappa shape index (κ2) is 7.33. The molecular formula is C17H20N4S. The van der Waals surface area contributed by atoms with Crippen molar-refractivity contribution >= 4 is 11.3 Å². The molecule has 4 nitrogen and oxygen atoms in total. The highest BCUT2D eigenvalue weighted by atomic mass is 32.1. The predicted octanol–water partition coefficient (Wildman–Crippen LogP) is 3.11. The summed E-state index contributed by atoms with van der Waals surface area (Å²) in [6.07, 6.45) is 4.70. The van der Waals surface area contributed by atoms with Crippen molar-refractivity contribution in [2.24, 2.45) is 0 Å². The van der Waals surface area contributed by atoms with Crippen molar-refractivity contribution in [3.63, 3.8) is 0 Å². The number of aromatic nitrogens is 3. The first kappa shape index (κ1) is 14.9. The third kappa shape index (κ3) is 4.26. The lowest BCUT2D eigenvalue weighted by atomic mass is 10.2. The zero-order valence-electron chi connectivity index (χ0n) is 12.6. The van der Waals surface area contributed by atoms with Gasteiger partial charge >= 0.3 is 0 Å². The number of rotatable bonds is 7. The smallest absolute Gasteiger partial charge is 0.0972 e. The SMILES string of the molecule is C[C@H](Cn1cccn1)NCc1csc(Cc2ccccc2)n1. The fourth-order valence-corrected chi connectivity index (χ4v) is 3.14. The van der Waals surface area contributed by atoms with Crippen LogP contribution in [0.5, 0.6) is 0 Å². The van der Waals surface area contributed by atoms with Gasteiger partial charge in [-0.1, -0.05) is 30.3 Å². The van der Waals surface area contributed by atoms with Crippen LogP contribution >= 0.6 is 11.3 Å². The first-order valence-electron chi connectivity index (χ1n) is 7.47. The summed E-state index contributed by atoms with van der Waals surface area (Å²) in [5.74, 6) is 0. The highest BCUT2D eigenvalue weighted by Crippen LogP contribution is 2.14. The van der Waals surface area contributed by atoms with Gasteiger partial charge in [0.05, 0.1) is 17.2 Å². The van der Waals surface area contributed by atoms with E-state index >= 15 is 0 Å². The summed E-state index contributed by atoms with van der Waals surface area (Å²) in [7, 11) is 0. The van der Waals surface area contributed by atoms with Crippen LogP contribution in [0.4, 0.5) is 0 Å². The minimum Gasteiger partial charge on any atom is -0.307 e. The molecule has 0 spiro atoms. The predicted molar refractivity (Wildman–Crippen MR) is 89.9 cm³/mol. The highest BCUT2D eigenvalue weighted by Gasteiger charge is 2.06. The lowest BCUT2D eigenvalue weighted by Crippen LogP contribution is -2.30. The van der Waals surface area contributed by atoms with E-state index in [1.807, 2.05) is 29.2 Å². The van der Waals surface area contributed by atoms with Crippen molar-refractivity contribution < 1.29 is 0 Å². The van der Waals surface area contributed by atoms with E-state index in [4.69, 9.17) is 4.98 Å². The molecule has 0 bridgehead atoms. The average molecular weight is 312 g/mol. The van der Waals surface area contributed by atoms with Crippen LogP contribution in [0, 0.1) is 0 Å². The lowest BCUT2D eigenvalue weighted by molar-refractivity contribution is 0.449. The molecular weight excluding hydrogens is 292 g/mol. The summed E-state index contributed by atoms with van der Waals surface area (Å²) in [5, 5.41) is 11.0. The Morgan fingerprint density at radius 1 is 1.23 bits per heavy atom. The molecule has 2 heterocycles. The van der Waals surface area contributed by atoms with E-state index in [1.165, 1.54) is 10.6 Å². The van der Waals surface area contributed by atoms with Crippen molar-refractivity contribution in [1.29, 1.82) is 0 Å². The third-order valence-corrected chi connectivity index (χ3v) is 4.35. The van der Waals surface area contributed by atoms with E-state index in [9.17, 15) is 0 Å². The summed E-state index contributed by atoms with van der Waals surface area (Å²) < 4.78 is 1.94. The second-order valence-electron chi connectivity index (χ2n) is 5.41. The Morgan fingerprint density at radius 3 is 2.86 bits per heavy atom. The van der Waals surface area contributed by atoms with Gasteiger partial charge in [-0.05, 0) is 18.6 Å². The number of thiazole rings is 1. The van der Waals surface area contributed by atoms with Crippen LogP contribution in [0.3, 0.4) is 0 Å². The van der Waals surface area contributed by atoms with Crippen LogP contribution < -0.4 is 5.32 Å². The number of nitrogens with one attached hydrogen (secondary N) is 1. The van der Waals surface area contributed by atoms with Crippen LogP contribution in [0.15, 0.2) is 54.2 Å². The Kier molecular flexibility index (Phi) is 4.98. The van der Waals surface area contributed by atoms with Gasteiger partial charge in [0.25, 0.3) is 0 Å². The summed E-state index contributed by atoms with van der Waals surface area (Å²) in [6.45, 7) is 3.83. The number of nitrogens with zero attached hydrogens (tertiary/aromatic N) is 3. The number of hydrogen-bond acceptors (Lipinski definition) is 4. The molecule has 0 radical (unpaired) electrons. The maximum atomic E-state index is 4.71. The molecule has 0 aliphatic carbocycles. The van der Waals surface area contributed by atoms with Gasteiger partial charge in [-0.25, -0.2) is 4.98 Å². The molecule has 0 saturated heterocycles. The summed E-state index contributed by atoms with van der Waals surface area (Å²) in [5.41, 5.74) is 2.42. The largest absolute Gasteiger partial charge is 0.307 e. The first-order chi connectivity index (χ1) is 10.8. The molecule has 0 saturated carbocycles. The average Bonchev–Trinajstić information content (AvgIpc) is 3.18. The fourth-order valence-electron chi connectivity index (χ4n) is 2.31. The van der Waals surface area contributed by atoms with Crippen molar-refractivity contribution in [3.8, 4) is 0 Å². The van der Waals surface area contributed by atoms with Gasteiger partial charge in [0, 0.05) is 36.8 Å². The monoisotopic (exact) mass is 312 g/mol. The van der Waals surface area contributed by atoms with E-state index in [2.05, 4.69) is 47.0 Å². The van der Waals surface area contributed by atoms with Gasteiger partial charge in [0.15, 0.2) is 0 Å². The quantitative estimate of drug-likeness (QED) is 0.729. The molecule has 5 heteroatoms. The summed E-state index contributed by atoms with van der Waals surface area (Å²) >= 11 is 1.73. The maximum Gasteiger partial charge on any atom is 0.0972 e. The maximum absolute atomic E-state index is 4.71. The Hall–Kier alpha value is -1.98. The van der Waals surface area contributed by atoms with Crippen LogP contribution in [0.1, 0.15) is 23.2 Å². The van der Waals surface area contributed by atoms with Crippen LogP contribution in [0.2, 0.25) is 0 Å². The molecule has 0 aliphatic rings. The topological polar surface area (TPSA) is 42.7 Å². The number of hydrogen-bond donors (Lipinski definition) is 1. The van der Waals surface area contributed by atoms with Crippen LogP contribution in [-0.2, 0) is 19.5 Å². The molecule has 1 N–H and O–H groups in total. The van der Waals surface area contributed by atoms with Gasteiger partial charge in [-0.3, -0.25) is 4.68 Å². The van der Waals surface area contributed by atoms with E-state index < -0.39 is 0 Å². The molecule has 0 amide bonds. The Morgan fingerprint density at radius 2 is 2.09 bits per heavy atom.